The Morgan fingerprint density at radius 1 is 1.24 bits per heavy atom. The molecule has 0 amide bonds. The highest BCUT2D eigenvalue weighted by Gasteiger charge is 2.31. The molecule has 2 aromatic rings. The molecule has 8 heteroatoms. The van der Waals surface area contributed by atoms with E-state index >= 15 is 0 Å². The van der Waals surface area contributed by atoms with E-state index in [1.807, 2.05) is 0 Å². The third-order valence-electron chi connectivity index (χ3n) is 3.43. The van der Waals surface area contributed by atoms with Gasteiger partial charge in [0.05, 0.1) is 22.6 Å². The minimum Gasteiger partial charge on any atom is -0.300 e. The van der Waals surface area contributed by atoms with E-state index in [0.29, 0.717) is 0 Å². The Balaban J connectivity index is 2.89. The number of aromatic nitrogens is 2. The van der Waals surface area contributed by atoms with E-state index in [-0.39, 0.29) is 10.9 Å². The first-order valence-corrected chi connectivity index (χ1v) is 6.18. The van der Waals surface area contributed by atoms with Gasteiger partial charge < -0.3 is 5.32 Å². The Kier molecular flexibility index (Phi) is 3.66. The lowest BCUT2D eigenvalue weighted by Gasteiger charge is -2.17. The number of rotatable bonds is 2. The largest absolute Gasteiger partial charge is 0.416 e. The van der Waals surface area contributed by atoms with Crippen molar-refractivity contribution in [3.05, 3.63) is 44.6 Å². The minimum atomic E-state index is -4.53. The molecule has 1 heterocycles. The second kappa shape index (κ2) is 5.03. The lowest BCUT2D eigenvalue weighted by molar-refractivity contribution is -0.137. The molecule has 1 atom stereocenters. The van der Waals surface area contributed by atoms with Gasteiger partial charge in [-0.3, -0.25) is 9.36 Å². The van der Waals surface area contributed by atoms with Crippen LogP contribution < -0.4 is 16.6 Å². The van der Waals surface area contributed by atoms with E-state index in [4.69, 9.17) is 0 Å². The molecule has 1 unspecified atom stereocenters. The molecule has 0 saturated carbocycles. The Labute approximate surface area is 117 Å². The molecule has 0 fully saturated rings. The Morgan fingerprint density at radius 3 is 2.38 bits per heavy atom. The summed E-state index contributed by atoms with van der Waals surface area (Å²) in [5.41, 5.74) is -2.24. The summed E-state index contributed by atoms with van der Waals surface area (Å²) < 4.78 is 40.2. The second-order valence-electron chi connectivity index (χ2n) is 4.71. The smallest absolute Gasteiger partial charge is 0.300 e. The number of fused-ring (bicyclic) bond motifs is 1. The summed E-state index contributed by atoms with van der Waals surface area (Å²) in [6, 6.07) is 2.74. The summed E-state index contributed by atoms with van der Waals surface area (Å²) in [5.74, 6) is 0. The van der Waals surface area contributed by atoms with Crippen LogP contribution >= 0.6 is 0 Å². The normalized spacial score (nSPS) is 13.6. The Hall–Kier alpha value is -2.09. The number of aryl methyl sites for hydroxylation is 1. The Bertz CT molecular complexity index is 805. The maximum absolute atomic E-state index is 12.7. The lowest BCUT2D eigenvalue weighted by Crippen LogP contribution is -2.44. The van der Waals surface area contributed by atoms with Gasteiger partial charge in [-0.05, 0) is 32.2 Å². The third-order valence-corrected chi connectivity index (χ3v) is 3.43. The topological polar surface area (TPSA) is 56.0 Å². The summed E-state index contributed by atoms with van der Waals surface area (Å²) in [4.78, 5) is 24.5. The van der Waals surface area contributed by atoms with E-state index in [2.05, 4.69) is 5.32 Å². The molecular weight excluding hydrogens is 287 g/mol. The van der Waals surface area contributed by atoms with Gasteiger partial charge in [-0.25, -0.2) is 9.36 Å². The van der Waals surface area contributed by atoms with Gasteiger partial charge >= 0.3 is 11.9 Å². The molecular formula is C13H14F3N3O2. The van der Waals surface area contributed by atoms with Crippen LogP contribution in [0.4, 0.5) is 13.2 Å². The van der Waals surface area contributed by atoms with Crippen molar-refractivity contribution in [3.63, 3.8) is 0 Å². The van der Waals surface area contributed by atoms with Crippen LogP contribution in [-0.4, -0.2) is 16.2 Å². The van der Waals surface area contributed by atoms with Crippen molar-refractivity contribution in [2.75, 3.05) is 7.05 Å². The van der Waals surface area contributed by atoms with Gasteiger partial charge in [0, 0.05) is 7.05 Å². The Morgan fingerprint density at radius 2 is 1.86 bits per heavy atom. The predicted molar refractivity (Wildman–Crippen MR) is 72.2 cm³/mol. The molecule has 0 spiro atoms. The van der Waals surface area contributed by atoms with Crippen LogP contribution in [0.5, 0.6) is 0 Å². The van der Waals surface area contributed by atoms with Crippen molar-refractivity contribution < 1.29 is 13.2 Å². The van der Waals surface area contributed by atoms with Crippen LogP contribution in [0.25, 0.3) is 10.9 Å². The molecule has 0 bridgehead atoms. The van der Waals surface area contributed by atoms with Gasteiger partial charge in [0.2, 0.25) is 0 Å². The zero-order valence-electron chi connectivity index (χ0n) is 11.7. The molecule has 2 rings (SSSR count). The summed E-state index contributed by atoms with van der Waals surface area (Å²) in [7, 11) is 2.91. The monoisotopic (exact) mass is 301 g/mol. The molecule has 114 valence electrons. The quantitative estimate of drug-likeness (QED) is 0.913. The van der Waals surface area contributed by atoms with Gasteiger partial charge in [-0.15, -0.1) is 0 Å². The van der Waals surface area contributed by atoms with Crippen molar-refractivity contribution in [1.82, 2.24) is 14.5 Å². The molecule has 0 saturated heterocycles. The van der Waals surface area contributed by atoms with Crippen LogP contribution in [0.3, 0.4) is 0 Å². The van der Waals surface area contributed by atoms with Crippen LogP contribution in [-0.2, 0) is 13.2 Å². The van der Waals surface area contributed by atoms with Crippen LogP contribution in [0, 0.1) is 0 Å². The highest BCUT2D eigenvalue weighted by Crippen LogP contribution is 2.30. The molecule has 1 aromatic carbocycles. The number of alkyl halides is 3. The molecule has 1 aromatic heterocycles. The molecule has 0 aliphatic rings. The average Bonchev–Trinajstić information content (AvgIpc) is 2.43. The van der Waals surface area contributed by atoms with Gasteiger partial charge in [-0.1, -0.05) is 0 Å². The molecule has 0 aliphatic carbocycles. The third kappa shape index (κ3) is 2.46. The molecule has 0 radical (unpaired) electrons. The number of nitrogens with zero attached hydrogens (tertiary/aromatic N) is 2. The van der Waals surface area contributed by atoms with E-state index in [0.717, 1.165) is 27.3 Å². The second-order valence-corrected chi connectivity index (χ2v) is 4.71. The first-order chi connectivity index (χ1) is 9.68. The first kappa shape index (κ1) is 15.3. The zero-order valence-corrected chi connectivity index (χ0v) is 11.7. The van der Waals surface area contributed by atoms with Crippen LogP contribution in [0.1, 0.15) is 18.7 Å². The number of hydrogen-bond donors (Lipinski definition) is 1. The van der Waals surface area contributed by atoms with Gasteiger partial charge in [0.15, 0.2) is 0 Å². The summed E-state index contributed by atoms with van der Waals surface area (Å²) in [5, 5.41) is 2.82. The number of halogens is 3. The summed E-state index contributed by atoms with van der Waals surface area (Å²) in [6.07, 6.45) is -5.10. The summed E-state index contributed by atoms with van der Waals surface area (Å²) >= 11 is 0. The van der Waals surface area contributed by atoms with E-state index < -0.39 is 29.2 Å². The van der Waals surface area contributed by atoms with E-state index in [9.17, 15) is 22.8 Å². The molecule has 21 heavy (non-hydrogen) atoms. The SMILES string of the molecule is CNC(C)n1c(=O)c2ccc(C(F)(F)F)cc2n(C)c1=O. The fraction of sp³-hybridized carbons (Fsp3) is 0.385. The number of hydrogen-bond acceptors (Lipinski definition) is 3. The van der Waals surface area contributed by atoms with E-state index in [1.165, 1.54) is 7.05 Å². The number of benzene rings is 1. The summed E-state index contributed by atoms with van der Waals surface area (Å²) in [6.45, 7) is 1.61. The van der Waals surface area contributed by atoms with Crippen LogP contribution in [0.15, 0.2) is 27.8 Å². The highest BCUT2D eigenvalue weighted by atomic mass is 19.4. The highest BCUT2D eigenvalue weighted by molar-refractivity contribution is 5.78. The van der Waals surface area contributed by atoms with Crippen molar-refractivity contribution in [2.45, 2.75) is 19.3 Å². The van der Waals surface area contributed by atoms with Gasteiger partial charge in [0.1, 0.15) is 0 Å². The van der Waals surface area contributed by atoms with Gasteiger partial charge in [0.25, 0.3) is 5.56 Å². The molecule has 0 aliphatic heterocycles. The zero-order chi connectivity index (χ0) is 15.9. The fourth-order valence-electron chi connectivity index (χ4n) is 2.12. The fourth-order valence-corrected chi connectivity index (χ4v) is 2.12. The molecule has 1 N–H and O–H groups in total. The van der Waals surface area contributed by atoms with Crippen molar-refractivity contribution in [1.29, 1.82) is 0 Å². The first-order valence-electron chi connectivity index (χ1n) is 6.18. The molecule has 5 nitrogen and oxygen atoms in total. The minimum absolute atomic E-state index is 0.0422. The predicted octanol–water partition coefficient (Wildman–Crippen LogP) is 1.46. The van der Waals surface area contributed by atoms with E-state index in [1.54, 1.807) is 14.0 Å². The van der Waals surface area contributed by atoms with Crippen molar-refractivity contribution >= 4 is 10.9 Å². The van der Waals surface area contributed by atoms with Crippen molar-refractivity contribution in [3.8, 4) is 0 Å². The standard InChI is InChI=1S/C13H14F3N3O2/c1-7(17-2)19-11(20)9-5-4-8(13(14,15)16)6-10(9)18(3)12(19)21/h4-7,17H,1-3H3. The average molecular weight is 301 g/mol. The maximum Gasteiger partial charge on any atom is 0.416 e. The van der Waals surface area contributed by atoms with Crippen LogP contribution in [0.2, 0.25) is 0 Å². The lowest BCUT2D eigenvalue weighted by atomic mass is 10.1. The van der Waals surface area contributed by atoms with Gasteiger partial charge in [-0.2, -0.15) is 13.2 Å². The number of nitrogens with one attached hydrogen (secondary N) is 1. The van der Waals surface area contributed by atoms with Crippen molar-refractivity contribution in [2.24, 2.45) is 7.05 Å². The maximum atomic E-state index is 12.7.